The molecular formula is C16H24N2O2. The summed E-state index contributed by atoms with van der Waals surface area (Å²) in [4.78, 5) is 16.3. The molecule has 20 heavy (non-hydrogen) atoms. The first kappa shape index (κ1) is 14.7. The van der Waals surface area contributed by atoms with E-state index in [1.807, 2.05) is 31.0 Å². The van der Waals surface area contributed by atoms with Gasteiger partial charge in [-0.1, -0.05) is 19.1 Å². The SMILES string of the molecule is CC1CCCN(C(=O)N(C)C(C)c2ccc(O)cc2)C1. The molecule has 1 N–H and O–H groups in total. The number of phenols is 1. The molecule has 1 saturated heterocycles. The van der Waals surface area contributed by atoms with Gasteiger partial charge in [0.2, 0.25) is 0 Å². The van der Waals surface area contributed by atoms with Crippen molar-refractivity contribution in [3.05, 3.63) is 29.8 Å². The number of carbonyl (C=O) groups is 1. The van der Waals surface area contributed by atoms with Crippen molar-refractivity contribution in [3.63, 3.8) is 0 Å². The van der Waals surface area contributed by atoms with Gasteiger partial charge in [-0.25, -0.2) is 4.79 Å². The van der Waals surface area contributed by atoms with Crippen LogP contribution < -0.4 is 0 Å². The zero-order valence-electron chi connectivity index (χ0n) is 12.5. The Hall–Kier alpha value is -1.71. The van der Waals surface area contributed by atoms with Crippen LogP contribution >= 0.6 is 0 Å². The maximum Gasteiger partial charge on any atom is 0.320 e. The van der Waals surface area contributed by atoms with Crippen molar-refractivity contribution in [2.45, 2.75) is 32.7 Å². The lowest BCUT2D eigenvalue weighted by atomic mass is 10.0. The highest BCUT2D eigenvalue weighted by atomic mass is 16.3. The van der Waals surface area contributed by atoms with Crippen molar-refractivity contribution < 1.29 is 9.90 Å². The van der Waals surface area contributed by atoms with Crippen LogP contribution in [0, 0.1) is 5.92 Å². The summed E-state index contributed by atoms with van der Waals surface area (Å²) in [5, 5.41) is 9.33. The predicted molar refractivity (Wildman–Crippen MR) is 79.7 cm³/mol. The highest BCUT2D eigenvalue weighted by Crippen LogP contribution is 2.24. The Morgan fingerprint density at radius 1 is 1.40 bits per heavy atom. The van der Waals surface area contributed by atoms with Gasteiger partial charge < -0.3 is 14.9 Å². The molecule has 1 aliphatic heterocycles. The zero-order valence-corrected chi connectivity index (χ0v) is 12.5. The Kier molecular flexibility index (Phi) is 4.53. The van der Waals surface area contributed by atoms with Crippen molar-refractivity contribution in [2.24, 2.45) is 5.92 Å². The molecule has 0 radical (unpaired) electrons. The highest BCUT2D eigenvalue weighted by molar-refractivity contribution is 5.74. The van der Waals surface area contributed by atoms with Gasteiger partial charge in [0.1, 0.15) is 5.75 Å². The molecular weight excluding hydrogens is 252 g/mol. The number of phenolic OH excluding ortho intramolecular Hbond substituents is 1. The van der Waals surface area contributed by atoms with Crippen molar-refractivity contribution in [1.29, 1.82) is 0 Å². The van der Waals surface area contributed by atoms with E-state index in [9.17, 15) is 9.90 Å². The summed E-state index contributed by atoms with van der Waals surface area (Å²) in [6, 6.07) is 7.14. The van der Waals surface area contributed by atoms with Crippen LogP contribution in [0.4, 0.5) is 4.79 Å². The van der Waals surface area contributed by atoms with Crippen molar-refractivity contribution >= 4 is 6.03 Å². The molecule has 4 nitrogen and oxygen atoms in total. The Morgan fingerprint density at radius 2 is 2.05 bits per heavy atom. The second-order valence-electron chi connectivity index (χ2n) is 5.85. The van der Waals surface area contributed by atoms with Gasteiger partial charge in [-0.15, -0.1) is 0 Å². The first-order valence-electron chi connectivity index (χ1n) is 7.29. The second kappa shape index (κ2) is 6.16. The first-order chi connectivity index (χ1) is 9.49. The summed E-state index contributed by atoms with van der Waals surface area (Å²) >= 11 is 0. The third-order valence-corrected chi connectivity index (χ3v) is 4.19. The number of benzene rings is 1. The number of hydrogen-bond acceptors (Lipinski definition) is 2. The third-order valence-electron chi connectivity index (χ3n) is 4.19. The average Bonchev–Trinajstić information content (AvgIpc) is 2.46. The fourth-order valence-corrected chi connectivity index (χ4v) is 2.73. The number of carbonyl (C=O) groups excluding carboxylic acids is 1. The minimum atomic E-state index is 0.000308. The summed E-state index contributed by atoms with van der Waals surface area (Å²) in [6.45, 7) is 5.92. The number of likely N-dealkylation sites (tertiary alicyclic amines) is 1. The van der Waals surface area contributed by atoms with Crippen LogP contribution in [0.25, 0.3) is 0 Å². The molecule has 1 aliphatic rings. The standard InChI is InChI=1S/C16H24N2O2/c1-12-5-4-10-18(11-12)16(20)17(3)13(2)14-6-8-15(19)9-7-14/h6-9,12-13,19H,4-5,10-11H2,1-3H3. The third kappa shape index (κ3) is 3.24. The van der Waals surface area contributed by atoms with E-state index in [0.29, 0.717) is 5.92 Å². The molecule has 2 amide bonds. The number of rotatable bonds is 2. The van der Waals surface area contributed by atoms with Crippen LogP contribution in [0.1, 0.15) is 38.3 Å². The minimum Gasteiger partial charge on any atom is -0.508 e. The average molecular weight is 276 g/mol. The van der Waals surface area contributed by atoms with E-state index in [4.69, 9.17) is 0 Å². The van der Waals surface area contributed by atoms with E-state index in [-0.39, 0.29) is 17.8 Å². The van der Waals surface area contributed by atoms with Crippen molar-refractivity contribution in [2.75, 3.05) is 20.1 Å². The molecule has 1 fully saturated rings. The zero-order chi connectivity index (χ0) is 14.7. The Bertz CT molecular complexity index is 458. The smallest absolute Gasteiger partial charge is 0.320 e. The van der Waals surface area contributed by atoms with Gasteiger partial charge in [0.15, 0.2) is 0 Å². The number of amides is 2. The van der Waals surface area contributed by atoms with E-state index in [0.717, 1.165) is 25.1 Å². The Morgan fingerprint density at radius 3 is 2.65 bits per heavy atom. The van der Waals surface area contributed by atoms with Gasteiger partial charge in [0.25, 0.3) is 0 Å². The van der Waals surface area contributed by atoms with E-state index in [1.165, 1.54) is 6.42 Å². The molecule has 4 heteroatoms. The normalized spacial score (nSPS) is 20.6. The number of piperidine rings is 1. The highest BCUT2D eigenvalue weighted by Gasteiger charge is 2.26. The van der Waals surface area contributed by atoms with Gasteiger partial charge in [-0.2, -0.15) is 0 Å². The summed E-state index contributed by atoms with van der Waals surface area (Å²) in [6.07, 6.45) is 2.30. The predicted octanol–water partition coefficient (Wildman–Crippen LogP) is 3.24. The molecule has 0 spiro atoms. The van der Waals surface area contributed by atoms with Crippen LogP contribution in [0.15, 0.2) is 24.3 Å². The summed E-state index contributed by atoms with van der Waals surface area (Å²) in [7, 11) is 1.85. The van der Waals surface area contributed by atoms with Crippen LogP contribution in [-0.2, 0) is 0 Å². The monoisotopic (exact) mass is 276 g/mol. The lowest BCUT2D eigenvalue weighted by Crippen LogP contribution is -2.46. The molecule has 2 atom stereocenters. The van der Waals surface area contributed by atoms with Crippen LogP contribution in [0.5, 0.6) is 5.75 Å². The summed E-state index contributed by atoms with van der Waals surface area (Å²) in [5.74, 6) is 0.838. The second-order valence-corrected chi connectivity index (χ2v) is 5.85. The van der Waals surface area contributed by atoms with Gasteiger partial charge in [-0.3, -0.25) is 0 Å². The lowest BCUT2D eigenvalue weighted by molar-refractivity contribution is 0.128. The van der Waals surface area contributed by atoms with E-state index in [2.05, 4.69) is 6.92 Å². The topological polar surface area (TPSA) is 43.8 Å². The maximum atomic E-state index is 12.5. The van der Waals surface area contributed by atoms with Crippen molar-refractivity contribution in [3.8, 4) is 5.75 Å². The molecule has 2 unspecified atom stereocenters. The van der Waals surface area contributed by atoms with Gasteiger partial charge >= 0.3 is 6.03 Å². The molecule has 0 bridgehead atoms. The molecule has 0 saturated carbocycles. The molecule has 0 aromatic heterocycles. The number of urea groups is 1. The Labute approximate surface area is 121 Å². The largest absolute Gasteiger partial charge is 0.508 e. The molecule has 1 aromatic rings. The van der Waals surface area contributed by atoms with E-state index >= 15 is 0 Å². The fraction of sp³-hybridized carbons (Fsp3) is 0.562. The van der Waals surface area contributed by atoms with Crippen LogP contribution in [0.3, 0.4) is 0 Å². The maximum absolute atomic E-state index is 12.5. The van der Waals surface area contributed by atoms with E-state index in [1.54, 1.807) is 17.0 Å². The van der Waals surface area contributed by atoms with Gasteiger partial charge in [0, 0.05) is 20.1 Å². The quantitative estimate of drug-likeness (QED) is 0.901. The summed E-state index contributed by atoms with van der Waals surface area (Å²) < 4.78 is 0. The molecule has 0 aliphatic carbocycles. The number of hydrogen-bond donors (Lipinski definition) is 1. The summed E-state index contributed by atoms with van der Waals surface area (Å²) in [5.41, 5.74) is 1.03. The Balaban J connectivity index is 2.03. The fourth-order valence-electron chi connectivity index (χ4n) is 2.73. The van der Waals surface area contributed by atoms with Crippen LogP contribution in [0.2, 0.25) is 0 Å². The molecule has 1 aromatic carbocycles. The first-order valence-corrected chi connectivity index (χ1v) is 7.29. The molecule has 1 heterocycles. The number of aromatic hydroxyl groups is 1. The van der Waals surface area contributed by atoms with E-state index < -0.39 is 0 Å². The number of nitrogens with zero attached hydrogens (tertiary/aromatic N) is 2. The molecule has 110 valence electrons. The lowest BCUT2D eigenvalue weighted by Gasteiger charge is -2.36. The van der Waals surface area contributed by atoms with Gasteiger partial charge in [0.05, 0.1) is 6.04 Å². The van der Waals surface area contributed by atoms with Gasteiger partial charge in [-0.05, 0) is 43.4 Å². The molecule has 2 rings (SSSR count). The van der Waals surface area contributed by atoms with Crippen molar-refractivity contribution in [1.82, 2.24) is 9.80 Å². The van der Waals surface area contributed by atoms with Crippen LogP contribution in [-0.4, -0.2) is 41.1 Å². The minimum absolute atomic E-state index is 0.000308.